The fourth-order valence-electron chi connectivity index (χ4n) is 3.46. The van der Waals surface area contributed by atoms with Crippen molar-refractivity contribution in [3.63, 3.8) is 0 Å². The van der Waals surface area contributed by atoms with Gasteiger partial charge in [0.1, 0.15) is 11.5 Å². The van der Waals surface area contributed by atoms with Crippen molar-refractivity contribution in [2.45, 2.75) is 32.7 Å². The average molecular weight is 397 g/mol. The molecule has 154 valence electrons. The molecule has 6 nitrogen and oxygen atoms in total. The van der Waals surface area contributed by atoms with Crippen LogP contribution < -0.4 is 9.47 Å². The molecule has 2 aromatic carbocycles. The second-order valence-corrected chi connectivity index (χ2v) is 7.25. The van der Waals surface area contributed by atoms with E-state index in [1.54, 1.807) is 26.4 Å². The third-order valence-electron chi connectivity index (χ3n) is 5.21. The summed E-state index contributed by atoms with van der Waals surface area (Å²) in [7, 11) is 3.19. The number of hydrogen-bond donors (Lipinski definition) is 1. The fraction of sp³-hybridized carbons (Fsp3) is 0.391. The fourth-order valence-corrected chi connectivity index (χ4v) is 3.46. The Balaban J connectivity index is 2.05. The normalized spacial score (nSPS) is 13.1. The lowest BCUT2D eigenvalue weighted by Gasteiger charge is -2.23. The maximum atomic E-state index is 12.6. The lowest BCUT2D eigenvalue weighted by atomic mass is 9.95. The van der Waals surface area contributed by atoms with Gasteiger partial charge in [-0.1, -0.05) is 12.1 Å². The SMILES string of the molecule is CCN(Cc1ccc(OC)cc1-c1cc(CC(=O)O)ccc1OC)C(=O)C1CC1. The van der Waals surface area contributed by atoms with Gasteiger partial charge >= 0.3 is 5.97 Å². The molecular formula is C23H27NO5. The molecule has 1 aliphatic rings. The highest BCUT2D eigenvalue weighted by atomic mass is 16.5. The van der Waals surface area contributed by atoms with E-state index in [2.05, 4.69) is 0 Å². The van der Waals surface area contributed by atoms with Crippen LogP contribution >= 0.6 is 0 Å². The Labute approximate surface area is 171 Å². The van der Waals surface area contributed by atoms with Gasteiger partial charge in [-0.15, -0.1) is 0 Å². The highest BCUT2D eigenvalue weighted by Crippen LogP contribution is 2.37. The smallest absolute Gasteiger partial charge is 0.307 e. The van der Waals surface area contributed by atoms with E-state index in [4.69, 9.17) is 14.6 Å². The van der Waals surface area contributed by atoms with Crippen LogP contribution in [0.1, 0.15) is 30.9 Å². The highest BCUT2D eigenvalue weighted by molar-refractivity contribution is 5.82. The molecule has 0 heterocycles. The summed E-state index contributed by atoms with van der Waals surface area (Å²) in [6.07, 6.45) is 1.86. The number of carboxylic acid groups (broad SMARTS) is 1. The van der Waals surface area contributed by atoms with Crippen LogP contribution in [-0.4, -0.2) is 42.6 Å². The quantitative estimate of drug-likeness (QED) is 0.697. The van der Waals surface area contributed by atoms with Crippen LogP contribution in [0.3, 0.4) is 0 Å². The Morgan fingerprint density at radius 3 is 2.41 bits per heavy atom. The number of carbonyl (C=O) groups is 2. The van der Waals surface area contributed by atoms with Gasteiger partial charge in [0.25, 0.3) is 0 Å². The van der Waals surface area contributed by atoms with Crippen molar-refractivity contribution in [3.8, 4) is 22.6 Å². The number of nitrogens with zero attached hydrogens (tertiary/aromatic N) is 1. The van der Waals surface area contributed by atoms with Crippen LogP contribution in [0.15, 0.2) is 36.4 Å². The molecule has 0 saturated heterocycles. The van der Waals surface area contributed by atoms with E-state index in [0.717, 1.165) is 29.5 Å². The topological polar surface area (TPSA) is 76.1 Å². The monoisotopic (exact) mass is 397 g/mol. The number of hydrogen-bond acceptors (Lipinski definition) is 4. The molecule has 2 aromatic rings. The summed E-state index contributed by atoms with van der Waals surface area (Å²) in [5.41, 5.74) is 3.31. The lowest BCUT2D eigenvalue weighted by molar-refractivity contribution is -0.136. The van der Waals surface area contributed by atoms with Crippen molar-refractivity contribution in [1.29, 1.82) is 0 Å². The Kier molecular flexibility index (Phi) is 6.42. The van der Waals surface area contributed by atoms with Crippen LogP contribution in [0.25, 0.3) is 11.1 Å². The molecule has 0 unspecified atom stereocenters. The Bertz CT molecular complexity index is 904. The van der Waals surface area contributed by atoms with Crippen LogP contribution in [-0.2, 0) is 22.6 Å². The van der Waals surface area contributed by atoms with E-state index in [1.807, 2.05) is 36.1 Å². The van der Waals surface area contributed by atoms with E-state index in [1.165, 1.54) is 0 Å². The number of carboxylic acids is 1. The van der Waals surface area contributed by atoms with E-state index in [9.17, 15) is 9.59 Å². The lowest BCUT2D eigenvalue weighted by Crippen LogP contribution is -2.31. The number of carbonyl (C=O) groups excluding carboxylic acids is 1. The van der Waals surface area contributed by atoms with E-state index in [0.29, 0.717) is 30.2 Å². The summed E-state index contributed by atoms with van der Waals surface area (Å²) in [5.74, 6) is 0.793. The molecule has 0 bridgehead atoms. The number of amides is 1. The number of rotatable bonds is 9. The Hall–Kier alpha value is -3.02. The molecule has 1 N–H and O–H groups in total. The van der Waals surface area contributed by atoms with Crippen molar-refractivity contribution in [2.24, 2.45) is 5.92 Å². The van der Waals surface area contributed by atoms with Crippen LogP contribution in [0.4, 0.5) is 0 Å². The summed E-state index contributed by atoms with van der Waals surface area (Å²) >= 11 is 0. The predicted molar refractivity (Wildman–Crippen MR) is 110 cm³/mol. The minimum absolute atomic E-state index is 0.0719. The summed E-state index contributed by atoms with van der Waals surface area (Å²) in [4.78, 5) is 25.7. The summed E-state index contributed by atoms with van der Waals surface area (Å²) in [6.45, 7) is 3.10. The number of benzene rings is 2. The van der Waals surface area contributed by atoms with Crippen LogP contribution in [0.2, 0.25) is 0 Å². The first-order chi connectivity index (χ1) is 14.0. The van der Waals surface area contributed by atoms with Gasteiger partial charge in [-0.3, -0.25) is 9.59 Å². The number of methoxy groups -OCH3 is 2. The van der Waals surface area contributed by atoms with Gasteiger partial charge in [0.05, 0.1) is 20.6 Å². The van der Waals surface area contributed by atoms with Crippen molar-refractivity contribution >= 4 is 11.9 Å². The zero-order valence-electron chi connectivity index (χ0n) is 17.1. The standard InChI is InChI=1S/C23H27NO5/c1-4-24(23(27)16-6-7-16)14-17-8-9-18(28-2)13-19(17)20-11-15(12-22(25)26)5-10-21(20)29-3/h5,8-11,13,16H,4,6-7,12,14H2,1-3H3,(H,25,26). The molecular weight excluding hydrogens is 370 g/mol. The Morgan fingerprint density at radius 1 is 1.07 bits per heavy atom. The maximum absolute atomic E-state index is 12.6. The van der Waals surface area contributed by atoms with E-state index < -0.39 is 5.97 Å². The molecule has 0 aliphatic heterocycles. The predicted octanol–water partition coefficient (Wildman–Crippen LogP) is 3.76. The summed E-state index contributed by atoms with van der Waals surface area (Å²) in [5, 5.41) is 9.17. The molecule has 1 saturated carbocycles. The van der Waals surface area contributed by atoms with Gasteiger partial charge in [0.15, 0.2) is 0 Å². The second-order valence-electron chi connectivity index (χ2n) is 7.25. The van der Waals surface area contributed by atoms with Crippen LogP contribution in [0.5, 0.6) is 11.5 Å². The molecule has 0 radical (unpaired) electrons. The van der Waals surface area contributed by atoms with Crippen LogP contribution in [0, 0.1) is 5.92 Å². The van der Waals surface area contributed by atoms with Gasteiger partial charge < -0.3 is 19.5 Å². The minimum atomic E-state index is -0.890. The molecule has 1 aliphatic carbocycles. The van der Waals surface area contributed by atoms with Gasteiger partial charge in [0.2, 0.25) is 5.91 Å². The summed E-state index contributed by atoms with van der Waals surface area (Å²) in [6, 6.07) is 11.1. The van der Waals surface area contributed by atoms with Gasteiger partial charge in [-0.05, 0) is 60.7 Å². The minimum Gasteiger partial charge on any atom is -0.497 e. The summed E-state index contributed by atoms with van der Waals surface area (Å²) < 4.78 is 11.0. The molecule has 0 atom stereocenters. The van der Waals surface area contributed by atoms with Crippen molar-refractivity contribution in [3.05, 3.63) is 47.5 Å². The highest BCUT2D eigenvalue weighted by Gasteiger charge is 2.33. The first kappa shape index (κ1) is 20.7. The molecule has 6 heteroatoms. The maximum Gasteiger partial charge on any atom is 0.307 e. The van der Waals surface area contributed by atoms with Gasteiger partial charge in [-0.2, -0.15) is 0 Å². The molecule has 0 aromatic heterocycles. The van der Waals surface area contributed by atoms with Crippen molar-refractivity contribution < 1.29 is 24.2 Å². The first-order valence-electron chi connectivity index (χ1n) is 9.81. The van der Waals surface area contributed by atoms with Gasteiger partial charge in [-0.25, -0.2) is 0 Å². The van der Waals surface area contributed by atoms with E-state index in [-0.39, 0.29) is 18.2 Å². The molecule has 3 rings (SSSR count). The number of ether oxygens (including phenoxy) is 2. The molecule has 0 spiro atoms. The Morgan fingerprint density at radius 2 is 1.83 bits per heavy atom. The zero-order chi connectivity index (χ0) is 21.0. The third kappa shape index (κ3) is 4.88. The third-order valence-corrected chi connectivity index (χ3v) is 5.21. The number of aliphatic carboxylic acids is 1. The van der Waals surface area contributed by atoms with Crippen molar-refractivity contribution in [1.82, 2.24) is 4.90 Å². The second kappa shape index (κ2) is 8.99. The molecule has 1 amide bonds. The molecule has 29 heavy (non-hydrogen) atoms. The van der Waals surface area contributed by atoms with Crippen molar-refractivity contribution in [2.75, 3.05) is 20.8 Å². The zero-order valence-corrected chi connectivity index (χ0v) is 17.1. The largest absolute Gasteiger partial charge is 0.497 e. The molecule has 1 fully saturated rings. The first-order valence-corrected chi connectivity index (χ1v) is 9.81. The average Bonchev–Trinajstić information content (AvgIpc) is 3.56. The van der Waals surface area contributed by atoms with E-state index >= 15 is 0 Å². The van der Waals surface area contributed by atoms with Gasteiger partial charge in [0, 0.05) is 24.6 Å².